The summed E-state index contributed by atoms with van der Waals surface area (Å²) in [6, 6.07) is 8.46. The summed E-state index contributed by atoms with van der Waals surface area (Å²) in [5.41, 5.74) is 1.90. The molecular weight excluding hydrogens is 384 g/mol. The van der Waals surface area contributed by atoms with E-state index in [0.29, 0.717) is 6.61 Å². The number of hydrogen-bond acceptors (Lipinski definition) is 2. The van der Waals surface area contributed by atoms with Crippen molar-refractivity contribution in [2.75, 3.05) is 6.61 Å². The van der Waals surface area contributed by atoms with Crippen LogP contribution in [0.25, 0.3) is 0 Å². The summed E-state index contributed by atoms with van der Waals surface area (Å²) in [5.74, 6) is 0.534. The lowest BCUT2D eigenvalue weighted by Crippen LogP contribution is -2.57. The maximum Gasteiger partial charge on any atom is 0.188 e. The van der Waals surface area contributed by atoms with E-state index in [0.717, 1.165) is 10.9 Å². The van der Waals surface area contributed by atoms with Crippen molar-refractivity contribution < 1.29 is 9.53 Å². The van der Waals surface area contributed by atoms with Gasteiger partial charge < -0.3 is 4.74 Å². The van der Waals surface area contributed by atoms with Crippen LogP contribution in [0.15, 0.2) is 34.8 Å². The second kappa shape index (κ2) is 4.05. The number of epoxide rings is 1. The van der Waals surface area contributed by atoms with E-state index in [2.05, 4.69) is 63.0 Å². The molecule has 104 valence electrons. The van der Waals surface area contributed by atoms with Crippen molar-refractivity contribution in [1.29, 1.82) is 0 Å². The number of rotatable bonds is 1. The van der Waals surface area contributed by atoms with E-state index in [1.165, 1.54) is 11.1 Å². The van der Waals surface area contributed by atoms with Crippen LogP contribution in [0.3, 0.4) is 0 Å². The molecule has 2 nitrogen and oxygen atoms in total. The Hall–Kier alpha value is -0.450. The fraction of sp³-hybridized carbons (Fsp3) is 0.438. The molecule has 1 aliphatic heterocycles. The summed E-state index contributed by atoms with van der Waals surface area (Å²) in [4.78, 5) is 12.9. The molecule has 1 aromatic rings. The van der Waals surface area contributed by atoms with Gasteiger partial charge in [-0.25, -0.2) is 0 Å². The van der Waals surface area contributed by atoms with Crippen molar-refractivity contribution >= 4 is 37.6 Å². The van der Waals surface area contributed by atoms with E-state index in [9.17, 15) is 4.79 Å². The molecule has 0 radical (unpaired) electrons. The first-order valence-corrected chi connectivity index (χ1v) is 8.38. The SMILES string of the molecule is Cc1cccc(C2CC3C(Br)=CC2(Br)C(=O)[C@]32CO2)c1. The fourth-order valence-electron chi connectivity index (χ4n) is 3.72. The van der Waals surface area contributed by atoms with Crippen LogP contribution in [-0.4, -0.2) is 22.3 Å². The van der Waals surface area contributed by atoms with Gasteiger partial charge in [0.2, 0.25) is 0 Å². The molecule has 1 saturated carbocycles. The van der Waals surface area contributed by atoms with E-state index in [-0.39, 0.29) is 17.6 Å². The molecule has 4 heteroatoms. The van der Waals surface area contributed by atoms with Crippen molar-refractivity contribution in [2.24, 2.45) is 5.92 Å². The number of carbonyl (C=O) groups excluding carboxylic acids is 1. The molecule has 4 aliphatic rings. The van der Waals surface area contributed by atoms with Crippen LogP contribution in [0.4, 0.5) is 0 Å². The molecule has 1 saturated heterocycles. The quantitative estimate of drug-likeness (QED) is 0.531. The fourth-order valence-corrected chi connectivity index (χ4v) is 5.98. The Morgan fingerprint density at radius 3 is 2.75 bits per heavy atom. The zero-order chi connectivity index (χ0) is 14.1. The Bertz CT molecular complexity index is 648. The van der Waals surface area contributed by atoms with E-state index >= 15 is 0 Å². The summed E-state index contributed by atoms with van der Waals surface area (Å²) in [5, 5.41) is 0. The number of hydrogen-bond donors (Lipinski definition) is 0. The minimum Gasteiger partial charge on any atom is -0.361 e. The van der Waals surface area contributed by atoms with E-state index < -0.39 is 9.93 Å². The number of fused-ring (bicyclic) bond motifs is 1. The van der Waals surface area contributed by atoms with Gasteiger partial charge in [-0.3, -0.25) is 4.79 Å². The highest BCUT2D eigenvalue weighted by Gasteiger charge is 2.71. The molecule has 0 N–H and O–H groups in total. The van der Waals surface area contributed by atoms with Gasteiger partial charge in [-0.15, -0.1) is 0 Å². The van der Waals surface area contributed by atoms with Crippen LogP contribution >= 0.6 is 31.9 Å². The molecule has 3 unspecified atom stereocenters. The number of Topliss-reactive ketones (excluding diaryl/α,β-unsaturated/α-hetero) is 1. The van der Waals surface area contributed by atoms with Gasteiger partial charge in [-0.2, -0.15) is 0 Å². The molecule has 3 aliphatic carbocycles. The Labute approximate surface area is 134 Å². The van der Waals surface area contributed by atoms with Gasteiger partial charge in [0.05, 0.1) is 6.61 Å². The van der Waals surface area contributed by atoms with Gasteiger partial charge in [-0.1, -0.05) is 61.7 Å². The van der Waals surface area contributed by atoms with Crippen LogP contribution in [0.2, 0.25) is 0 Å². The molecule has 1 heterocycles. The average molecular weight is 398 g/mol. The number of aryl methyl sites for hydroxylation is 1. The summed E-state index contributed by atoms with van der Waals surface area (Å²) in [6.07, 6.45) is 2.99. The Morgan fingerprint density at radius 1 is 1.35 bits per heavy atom. The lowest BCUT2D eigenvalue weighted by Gasteiger charge is -2.48. The molecule has 1 spiro atoms. The largest absolute Gasteiger partial charge is 0.361 e. The highest BCUT2D eigenvalue weighted by molar-refractivity contribution is 9.12. The molecule has 2 bridgehead atoms. The second-order valence-corrected chi connectivity index (χ2v) is 8.29. The molecule has 0 aromatic heterocycles. The van der Waals surface area contributed by atoms with Crippen molar-refractivity contribution in [2.45, 2.75) is 29.2 Å². The van der Waals surface area contributed by atoms with Crippen LogP contribution in [0.1, 0.15) is 23.5 Å². The summed E-state index contributed by atoms with van der Waals surface area (Å²) < 4.78 is 6.05. The Kier molecular flexibility index (Phi) is 2.68. The molecule has 5 rings (SSSR count). The standard InChI is InChI=1S/C16H14Br2O2/c1-9-3-2-4-10(5-9)11-6-12-13(17)7-15(11,18)14(19)16(12)8-20-16/h2-5,7,11-12H,6,8H2,1H3/t11?,12?,15?,16-/m0/s1. The third-order valence-electron chi connectivity index (χ3n) is 4.85. The maximum absolute atomic E-state index is 12.9. The molecule has 0 amide bonds. The van der Waals surface area contributed by atoms with Crippen LogP contribution in [-0.2, 0) is 9.53 Å². The number of carbonyl (C=O) groups is 1. The van der Waals surface area contributed by atoms with Crippen LogP contribution in [0.5, 0.6) is 0 Å². The summed E-state index contributed by atoms with van der Waals surface area (Å²) in [7, 11) is 0. The molecule has 1 aromatic carbocycles. The molecule has 20 heavy (non-hydrogen) atoms. The second-order valence-electron chi connectivity index (χ2n) is 6.06. The maximum atomic E-state index is 12.9. The monoisotopic (exact) mass is 396 g/mol. The highest BCUT2D eigenvalue weighted by atomic mass is 79.9. The summed E-state index contributed by atoms with van der Waals surface area (Å²) in [6.45, 7) is 2.65. The zero-order valence-electron chi connectivity index (χ0n) is 11.0. The zero-order valence-corrected chi connectivity index (χ0v) is 14.2. The average Bonchev–Trinajstić information content (AvgIpc) is 3.17. The van der Waals surface area contributed by atoms with Gasteiger partial charge in [0, 0.05) is 11.8 Å². The predicted molar refractivity (Wildman–Crippen MR) is 84.4 cm³/mol. The molecular formula is C16H14Br2O2. The topological polar surface area (TPSA) is 29.6 Å². The Morgan fingerprint density at radius 2 is 2.10 bits per heavy atom. The minimum atomic E-state index is -0.634. The van der Waals surface area contributed by atoms with Gasteiger partial charge >= 0.3 is 0 Å². The van der Waals surface area contributed by atoms with Gasteiger partial charge in [0.15, 0.2) is 11.4 Å². The number of allylic oxidation sites excluding steroid dienone is 1. The summed E-state index contributed by atoms with van der Waals surface area (Å²) >= 11 is 7.38. The number of halogens is 2. The lowest BCUT2D eigenvalue weighted by atomic mass is 9.61. The third kappa shape index (κ3) is 1.56. The number of ketones is 1. The van der Waals surface area contributed by atoms with Crippen molar-refractivity contribution in [3.63, 3.8) is 0 Å². The van der Waals surface area contributed by atoms with Crippen molar-refractivity contribution in [1.82, 2.24) is 0 Å². The first-order valence-electron chi connectivity index (χ1n) is 6.80. The van der Waals surface area contributed by atoms with Gasteiger partial charge in [0.25, 0.3) is 0 Å². The van der Waals surface area contributed by atoms with E-state index in [4.69, 9.17) is 4.74 Å². The van der Waals surface area contributed by atoms with Gasteiger partial charge in [-0.05, 0) is 29.5 Å². The molecule has 4 atom stereocenters. The van der Waals surface area contributed by atoms with E-state index in [1.54, 1.807) is 0 Å². The van der Waals surface area contributed by atoms with Crippen molar-refractivity contribution in [3.05, 3.63) is 46.0 Å². The number of benzene rings is 1. The lowest BCUT2D eigenvalue weighted by molar-refractivity contribution is -0.130. The number of alkyl halides is 1. The first kappa shape index (κ1) is 13.2. The Balaban J connectivity index is 1.84. The van der Waals surface area contributed by atoms with Crippen molar-refractivity contribution in [3.8, 4) is 0 Å². The number of ether oxygens (including phenoxy) is 1. The molecule has 2 fully saturated rings. The van der Waals surface area contributed by atoms with Crippen LogP contribution < -0.4 is 0 Å². The normalized spacial score (nSPS) is 42.0. The van der Waals surface area contributed by atoms with E-state index in [1.807, 2.05) is 6.08 Å². The smallest absolute Gasteiger partial charge is 0.188 e. The third-order valence-corrected chi connectivity index (χ3v) is 6.78. The minimum absolute atomic E-state index is 0.167. The highest BCUT2D eigenvalue weighted by Crippen LogP contribution is 2.63. The predicted octanol–water partition coefficient (Wildman–Crippen LogP) is 3.86. The van der Waals surface area contributed by atoms with Gasteiger partial charge in [0.1, 0.15) is 4.32 Å². The first-order chi connectivity index (χ1) is 9.47. The van der Waals surface area contributed by atoms with Crippen LogP contribution in [0, 0.1) is 12.8 Å².